The Kier molecular flexibility index (Phi) is 4.17. The second kappa shape index (κ2) is 5.17. The number of ether oxygens (including phenoxy) is 1. The van der Waals surface area contributed by atoms with Crippen molar-refractivity contribution in [1.82, 2.24) is 0 Å². The highest BCUT2D eigenvalue weighted by molar-refractivity contribution is 9.10. The fourth-order valence-corrected chi connectivity index (χ4v) is 1.79. The predicted octanol–water partition coefficient (Wildman–Crippen LogP) is 3.03. The van der Waals surface area contributed by atoms with Crippen molar-refractivity contribution in [2.75, 3.05) is 7.11 Å². The van der Waals surface area contributed by atoms with E-state index in [4.69, 9.17) is 10.5 Å². The maximum atomic E-state index is 5.93. The second-order valence-electron chi connectivity index (χ2n) is 3.02. The SMILES string of the molecule is C=CCC(N)c1ccc(OC)c(Br)c1. The van der Waals surface area contributed by atoms with Crippen LogP contribution in [0.5, 0.6) is 5.75 Å². The average molecular weight is 256 g/mol. The van der Waals surface area contributed by atoms with Crippen LogP contribution in [0.25, 0.3) is 0 Å². The number of hydrogen-bond donors (Lipinski definition) is 1. The number of nitrogens with two attached hydrogens (primary N) is 1. The number of benzene rings is 1. The number of hydrogen-bond acceptors (Lipinski definition) is 2. The first-order chi connectivity index (χ1) is 6.69. The van der Waals surface area contributed by atoms with Gasteiger partial charge in [-0.2, -0.15) is 0 Å². The first kappa shape index (κ1) is 11.3. The summed E-state index contributed by atoms with van der Waals surface area (Å²) < 4.78 is 6.06. The summed E-state index contributed by atoms with van der Waals surface area (Å²) in [5.74, 6) is 0.819. The van der Waals surface area contributed by atoms with Gasteiger partial charge < -0.3 is 10.5 Å². The lowest BCUT2D eigenvalue weighted by Gasteiger charge is -2.11. The van der Waals surface area contributed by atoms with Crippen LogP contribution in [0.15, 0.2) is 35.3 Å². The smallest absolute Gasteiger partial charge is 0.133 e. The summed E-state index contributed by atoms with van der Waals surface area (Å²) in [5, 5.41) is 0. The largest absolute Gasteiger partial charge is 0.496 e. The molecule has 0 aliphatic rings. The number of halogens is 1. The molecule has 0 fully saturated rings. The van der Waals surface area contributed by atoms with E-state index in [9.17, 15) is 0 Å². The van der Waals surface area contributed by atoms with Gasteiger partial charge in [-0.15, -0.1) is 6.58 Å². The van der Waals surface area contributed by atoms with E-state index in [-0.39, 0.29) is 6.04 Å². The van der Waals surface area contributed by atoms with Gasteiger partial charge in [-0.3, -0.25) is 0 Å². The molecule has 76 valence electrons. The van der Waals surface area contributed by atoms with Crippen LogP contribution in [0.3, 0.4) is 0 Å². The molecule has 2 N–H and O–H groups in total. The highest BCUT2D eigenvalue weighted by Crippen LogP contribution is 2.28. The van der Waals surface area contributed by atoms with Gasteiger partial charge in [-0.05, 0) is 40.0 Å². The minimum Gasteiger partial charge on any atom is -0.496 e. The summed E-state index contributed by atoms with van der Waals surface area (Å²) in [5.41, 5.74) is 7.01. The zero-order valence-electron chi connectivity index (χ0n) is 8.16. The van der Waals surface area contributed by atoms with E-state index in [0.29, 0.717) is 0 Å². The van der Waals surface area contributed by atoms with Gasteiger partial charge in [-0.1, -0.05) is 12.1 Å². The van der Waals surface area contributed by atoms with E-state index in [1.807, 2.05) is 24.3 Å². The maximum Gasteiger partial charge on any atom is 0.133 e. The first-order valence-corrected chi connectivity index (χ1v) is 5.18. The van der Waals surface area contributed by atoms with Crippen molar-refractivity contribution >= 4 is 15.9 Å². The van der Waals surface area contributed by atoms with Crippen molar-refractivity contribution < 1.29 is 4.74 Å². The topological polar surface area (TPSA) is 35.2 Å². The third-order valence-corrected chi connectivity index (χ3v) is 2.64. The van der Waals surface area contributed by atoms with Crippen LogP contribution in [-0.2, 0) is 0 Å². The van der Waals surface area contributed by atoms with Crippen molar-refractivity contribution in [3.05, 3.63) is 40.9 Å². The predicted molar refractivity (Wildman–Crippen MR) is 62.4 cm³/mol. The molecule has 0 bridgehead atoms. The van der Waals surface area contributed by atoms with E-state index in [1.54, 1.807) is 7.11 Å². The van der Waals surface area contributed by atoms with Gasteiger partial charge in [-0.25, -0.2) is 0 Å². The fourth-order valence-electron chi connectivity index (χ4n) is 1.23. The van der Waals surface area contributed by atoms with Crippen LogP contribution in [0.1, 0.15) is 18.0 Å². The molecule has 1 unspecified atom stereocenters. The molecule has 0 aliphatic heterocycles. The number of rotatable bonds is 4. The highest BCUT2D eigenvalue weighted by Gasteiger charge is 2.06. The molecule has 0 saturated heterocycles. The minimum atomic E-state index is 0.00899. The molecule has 2 nitrogen and oxygen atoms in total. The summed E-state index contributed by atoms with van der Waals surface area (Å²) in [7, 11) is 1.64. The fraction of sp³-hybridized carbons (Fsp3) is 0.273. The van der Waals surface area contributed by atoms with Crippen LogP contribution in [-0.4, -0.2) is 7.11 Å². The van der Waals surface area contributed by atoms with Crippen LogP contribution in [0, 0.1) is 0 Å². The Morgan fingerprint density at radius 1 is 1.64 bits per heavy atom. The molecule has 0 radical (unpaired) electrons. The lowest BCUT2D eigenvalue weighted by Crippen LogP contribution is -2.08. The minimum absolute atomic E-state index is 0.00899. The van der Waals surface area contributed by atoms with Crippen molar-refractivity contribution in [3.63, 3.8) is 0 Å². The molecule has 0 aliphatic carbocycles. The molecule has 1 aromatic rings. The third kappa shape index (κ3) is 2.59. The quantitative estimate of drug-likeness (QED) is 0.840. The standard InChI is InChI=1S/C11H14BrNO/c1-3-4-10(13)8-5-6-11(14-2)9(12)7-8/h3,5-7,10H,1,4,13H2,2H3. The van der Waals surface area contributed by atoms with Crippen LogP contribution in [0.2, 0.25) is 0 Å². The van der Waals surface area contributed by atoms with E-state index < -0.39 is 0 Å². The van der Waals surface area contributed by atoms with Crippen molar-refractivity contribution in [3.8, 4) is 5.75 Å². The zero-order valence-corrected chi connectivity index (χ0v) is 9.75. The molecule has 0 amide bonds. The van der Waals surface area contributed by atoms with Crippen LogP contribution >= 0.6 is 15.9 Å². The highest BCUT2D eigenvalue weighted by atomic mass is 79.9. The molecule has 0 aromatic heterocycles. The van der Waals surface area contributed by atoms with E-state index >= 15 is 0 Å². The van der Waals surface area contributed by atoms with Gasteiger partial charge in [0.25, 0.3) is 0 Å². The first-order valence-electron chi connectivity index (χ1n) is 4.39. The monoisotopic (exact) mass is 255 g/mol. The van der Waals surface area contributed by atoms with Crippen molar-refractivity contribution in [2.45, 2.75) is 12.5 Å². The molecule has 14 heavy (non-hydrogen) atoms. The Morgan fingerprint density at radius 2 is 2.36 bits per heavy atom. The van der Waals surface area contributed by atoms with Crippen LogP contribution in [0.4, 0.5) is 0 Å². The van der Waals surface area contributed by atoms with Gasteiger partial charge in [0.1, 0.15) is 5.75 Å². The molecule has 1 aromatic carbocycles. The third-order valence-electron chi connectivity index (χ3n) is 2.02. The molecular weight excluding hydrogens is 242 g/mol. The Labute approximate surface area is 92.9 Å². The van der Waals surface area contributed by atoms with Gasteiger partial charge in [0.2, 0.25) is 0 Å². The van der Waals surface area contributed by atoms with Crippen molar-refractivity contribution in [2.24, 2.45) is 5.73 Å². The number of methoxy groups -OCH3 is 1. The molecule has 0 spiro atoms. The zero-order chi connectivity index (χ0) is 10.6. The Balaban J connectivity index is 2.90. The molecule has 0 saturated carbocycles. The van der Waals surface area contributed by atoms with Gasteiger partial charge >= 0.3 is 0 Å². The normalized spacial score (nSPS) is 12.2. The van der Waals surface area contributed by atoms with E-state index in [2.05, 4.69) is 22.5 Å². The molecular formula is C11H14BrNO. The average Bonchev–Trinajstić information content (AvgIpc) is 2.18. The van der Waals surface area contributed by atoms with E-state index in [0.717, 1.165) is 22.2 Å². The molecule has 0 heterocycles. The lowest BCUT2D eigenvalue weighted by molar-refractivity contribution is 0.412. The summed E-state index contributed by atoms with van der Waals surface area (Å²) in [4.78, 5) is 0. The molecule has 1 atom stereocenters. The summed E-state index contributed by atoms with van der Waals surface area (Å²) in [6, 6.07) is 5.86. The lowest BCUT2D eigenvalue weighted by atomic mass is 10.0. The van der Waals surface area contributed by atoms with Gasteiger partial charge in [0.15, 0.2) is 0 Å². The van der Waals surface area contributed by atoms with Crippen LogP contribution < -0.4 is 10.5 Å². The summed E-state index contributed by atoms with van der Waals surface area (Å²) in [6.45, 7) is 3.67. The van der Waals surface area contributed by atoms with Gasteiger partial charge in [0, 0.05) is 6.04 Å². The van der Waals surface area contributed by atoms with Crippen molar-refractivity contribution in [1.29, 1.82) is 0 Å². The summed E-state index contributed by atoms with van der Waals surface area (Å²) in [6.07, 6.45) is 2.60. The molecule has 3 heteroatoms. The Hall–Kier alpha value is -0.800. The van der Waals surface area contributed by atoms with E-state index in [1.165, 1.54) is 0 Å². The summed E-state index contributed by atoms with van der Waals surface area (Å²) >= 11 is 3.42. The Bertz CT molecular complexity index is 325. The van der Waals surface area contributed by atoms with Gasteiger partial charge in [0.05, 0.1) is 11.6 Å². The second-order valence-corrected chi connectivity index (χ2v) is 3.88. The maximum absolute atomic E-state index is 5.93. The molecule has 1 rings (SSSR count). The Morgan fingerprint density at radius 3 is 2.86 bits per heavy atom.